The molecule has 0 radical (unpaired) electrons. The quantitative estimate of drug-likeness (QED) is 0.900. The summed E-state index contributed by atoms with van der Waals surface area (Å²) >= 11 is 0. The molecule has 3 rings (SSSR count). The van der Waals surface area contributed by atoms with Crippen molar-refractivity contribution in [3.05, 3.63) is 41.7 Å². The number of aromatic carboxylic acids is 1. The number of nitrogens with zero attached hydrogens (tertiary/aromatic N) is 3. The number of carbonyl (C=O) groups is 1. The monoisotopic (exact) mass is 247 g/mol. The Kier molecular flexibility index (Phi) is 2.36. The van der Waals surface area contributed by atoms with Crippen molar-refractivity contribution in [1.82, 2.24) is 14.8 Å². The van der Waals surface area contributed by atoms with Gasteiger partial charge in [-0.15, -0.1) is 5.10 Å². The molecule has 0 saturated heterocycles. The Morgan fingerprint density at radius 3 is 2.72 bits per heavy atom. The third-order valence-corrected chi connectivity index (χ3v) is 2.85. The molecule has 1 heterocycles. The van der Waals surface area contributed by atoms with E-state index >= 15 is 0 Å². The van der Waals surface area contributed by atoms with E-state index in [1.54, 1.807) is 18.2 Å². The summed E-state index contributed by atoms with van der Waals surface area (Å²) in [5.74, 6) is -1.23. The number of hydrogen-bond donors (Lipinski definition) is 1. The fraction of sp³-hybridized carbons (Fsp3) is 0.250. The molecule has 18 heavy (non-hydrogen) atoms. The van der Waals surface area contributed by atoms with Gasteiger partial charge in [0.1, 0.15) is 17.3 Å². The molecule has 5 nitrogen and oxygen atoms in total. The zero-order valence-electron chi connectivity index (χ0n) is 9.38. The largest absolute Gasteiger partial charge is 0.475 e. The van der Waals surface area contributed by atoms with Crippen molar-refractivity contribution in [3.8, 4) is 5.69 Å². The van der Waals surface area contributed by atoms with E-state index in [1.165, 1.54) is 10.7 Å². The van der Waals surface area contributed by atoms with E-state index in [9.17, 15) is 9.18 Å². The zero-order valence-corrected chi connectivity index (χ0v) is 9.38. The number of para-hydroxylation sites is 1. The van der Waals surface area contributed by atoms with Crippen LogP contribution in [-0.2, 0) is 0 Å². The summed E-state index contributed by atoms with van der Waals surface area (Å²) in [6.07, 6.45) is 1.87. The molecular weight excluding hydrogens is 237 g/mol. The topological polar surface area (TPSA) is 68.0 Å². The molecule has 1 aliphatic rings. The molecule has 2 aromatic rings. The highest BCUT2D eigenvalue weighted by Gasteiger charge is 2.32. The first kappa shape index (κ1) is 10.9. The molecule has 1 saturated carbocycles. The molecule has 0 aliphatic heterocycles. The molecule has 1 N–H and O–H groups in total. The number of carboxylic acids is 1. The van der Waals surface area contributed by atoms with Crippen LogP contribution in [0.4, 0.5) is 4.39 Å². The summed E-state index contributed by atoms with van der Waals surface area (Å²) in [6.45, 7) is 0. The van der Waals surface area contributed by atoms with E-state index in [0.717, 1.165) is 12.8 Å². The average Bonchev–Trinajstić information content (AvgIpc) is 3.09. The Balaban J connectivity index is 2.15. The fourth-order valence-electron chi connectivity index (χ4n) is 1.82. The van der Waals surface area contributed by atoms with E-state index < -0.39 is 11.8 Å². The van der Waals surface area contributed by atoms with Crippen molar-refractivity contribution < 1.29 is 14.3 Å². The van der Waals surface area contributed by atoms with Gasteiger partial charge in [-0.1, -0.05) is 12.1 Å². The minimum atomic E-state index is -1.20. The standard InChI is InChI=1S/C12H10FN3O2/c13-8-3-1-2-4-9(8)16-11(7-5-6-7)14-10(15-16)12(17)18/h1-4,7H,5-6H2,(H,17,18). The van der Waals surface area contributed by atoms with Gasteiger partial charge in [0.05, 0.1) is 0 Å². The summed E-state index contributed by atoms with van der Waals surface area (Å²) in [5, 5.41) is 12.8. The lowest BCUT2D eigenvalue weighted by molar-refractivity contribution is 0.0683. The zero-order chi connectivity index (χ0) is 12.7. The van der Waals surface area contributed by atoms with Gasteiger partial charge in [0.2, 0.25) is 0 Å². The van der Waals surface area contributed by atoms with Crippen LogP contribution >= 0.6 is 0 Å². The third kappa shape index (κ3) is 1.75. The first-order valence-corrected chi connectivity index (χ1v) is 5.62. The normalized spacial score (nSPS) is 14.7. The van der Waals surface area contributed by atoms with Crippen LogP contribution in [0, 0.1) is 5.82 Å². The van der Waals surface area contributed by atoms with Crippen LogP contribution in [0.2, 0.25) is 0 Å². The Morgan fingerprint density at radius 1 is 1.39 bits per heavy atom. The SMILES string of the molecule is O=C(O)c1nc(C2CC2)n(-c2ccccc2F)n1. The molecule has 1 fully saturated rings. The maximum Gasteiger partial charge on any atom is 0.375 e. The lowest BCUT2D eigenvalue weighted by Gasteiger charge is -2.05. The van der Waals surface area contributed by atoms with Crippen molar-refractivity contribution in [3.63, 3.8) is 0 Å². The Hall–Kier alpha value is -2.24. The van der Waals surface area contributed by atoms with Crippen LogP contribution in [0.15, 0.2) is 24.3 Å². The van der Waals surface area contributed by atoms with Crippen molar-refractivity contribution in [2.45, 2.75) is 18.8 Å². The summed E-state index contributed by atoms with van der Waals surface area (Å²) in [6, 6.07) is 6.12. The maximum atomic E-state index is 13.7. The van der Waals surface area contributed by atoms with Gasteiger partial charge in [-0.05, 0) is 25.0 Å². The smallest absolute Gasteiger partial charge is 0.375 e. The Labute approximate surface area is 102 Å². The van der Waals surface area contributed by atoms with Crippen LogP contribution in [0.1, 0.15) is 35.2 Å². The molecule has 6 heteroatoms. The molecule has 92 valence electrons. The van der Waals surface area contributed by atoms with E-state index in [0.29, 0.717) is 5.82 Å². The van der Waals surface area contributed by atoms with Crippen molar-refractivity contribution in [1.29, 1.82) is 0 Å². The fourth-order valence-corrected chi connectivity index (χ4v) is 1.82. The van der Waals surface area contributed by atoms with Gasteiger partial charge >= 0.3 is 5.97 Å². The second-order valence-corrected chi connectivity index (χ2v) is 4.24. The van der Waals surface area contributed by atoms with Gasteiger partial charge < -0.3 is 5.11 Å². The maximum absolute atomic E-state index is 13.7. The predicted molar refractivity (Wildman–Crippen MR) is 60.3 cm³/mol. The number of halogens is 1. The summed E-state index contributed by atoms with van der Waals surface area (Å²) in [4.78, 5) is 14.9. The van der Waals surface area contributed by atoms with Crippen LogP contribution in [0.25, 0.3) is 5.69 Å². The second kappa shape index (κ2) is 3.90. The van der Waals surface area contributed by atoms with Crippen molar-refractivity contribution in [2.75, 3.05) is 0 Å². The van der Waals surface area contributed by atoms with Crippen molar-refractivity contribution >= 4 is 5.97 Å². The van der Waals surface area contributed by atoms with E-state index in [2.05, 4.69) is 10.1 Å². The summed E-state index contributed by atoms with van der Waals surface area (Å²) < 4.78 is 15.0. The molecule has 0 spiro atoms. The third-order valence-electron chi connectivity index (χ3n) is 2.85. The predicted octanol–water partition coefficient (Wildman–Crippen LogP) is 1.98. The van der Waals surface area contributed by atoms with E-state index in [-0.39, 0.29) is 17.4 Å². The minimum absolute atomic E-state index is 0.185. The highest BCUT2D eigenvalue weighted by Crippen LogP contribution is 2.39. The van der Waals surface area contributed by atoms with Gasteiger partial charge in [-0.25, -0.2) is 18.9 Å². The Bertz CT molecular complexity index is 620. The number of carboxylic acid groups (broad SMARTS) is 1. The second-order valence-electron chi connectivity index (χ2n) is 4.24. The lowest BCUT2D eigenvalue weighted by atomic mass is 10.3. The average molecular weight is 247 g/mol. The molecule has 0 bridgehead atoms. The minimum Gasteiger partial charge on any atom is -0.475 e. The van der Waals surface area contributed by atoms with E-state index in [1.807, 2.05) is 0 Å². The van der Waals surface area contributed by atoms with Crippen LogP contribution in [0.3, 0.4) is 0 Å². The van der Waals surface area contributed by atoms with Crippen LogP contribution in [-0.4, -0.2) is 25.8 Å². The molecule has 1 aromatic heterocycles. The van der Waals surface area contributed by atoms with Gasteiger partial charge in [-0.3, -0.25) is 0 Å². The van der Waals surface area contributed by atoms with Gasteiger partial charge in [-0.2, -0.15) is 0 Å². The molecule has 0 amide bonds. The van der Waals surface area contributed by atoms with Gasteiger partial charge in [0, 0.05) is 5.92 Å². The van der Waals surface area contributed by atoms with Crippen molar-refractivity contribution in [2.24, 2.45) is 0 Å². The van der Waals surface area contributed by atoms with Gasteiger partial charge in [0.15, 0.2) is 0 Å². The number of hydrogen-bond acceptors (Lipinski definition) is 3. The summed E-state index contributed by atoms with van der Waals surface area (Å²) in [5.41, 5.74) is 0.236. The molecule has 1 aliphatic carbocycles. The highest BCUT2D eigenvalue weighted by molar-refractivity contribution is 5.83. The molecular formula is C12H10FN3O2. The molecule has 0 unspecified atom stereocenters. The Morgan fingerprint density at radius 2 is 2.11 bits per heavy atom. The van der Waals surface area contributed by atoms with Crippen LogP contribution < -0.4 is 0 Å². The molecule has 1 aromatic carbocycles. The first-order chi connectivity index (χ1) is 8.66. The highest BCUT2D eigenvalue weighted by atomic mass is 19.1. The lowest BCUT2D eigenvalue weighted by Crippen LogP contribution is -2.05. The number of rotatable bonds is 3. The van der Waals surface area contributed by atoms with Crippen LogP contribution in [0.5, 0.6) is 0 Å². The number of benzene rings is 1. The first-order valence-electron chi connectivity index (χ1n) is 5.62. The number of aromatic nitrogens is 3. The van der Waals surface area contributed by atoms with E-state index in [4.69, 9.17) is 5.11 Å². The molecule has 0 atom stereocenters. The van der Waals surface area contributed by atoms with Gasteiger partial charge in [0.25, 0.3) is 5.82 Å². The summed E-state index contributed by atoms with van der Waals surface area (Å²) in [7, 11) is 0.